The summed E-state index contributed by atoms with van der Waals surface area (Å²) in [5.41, 5.74) is 4.19. The molecule has 0 unspecified atom stereocenters. The molecule has 1 aromatic carbocycles. The lowest BCUT2D eigenvalue weighted by Crippen LogP contribution is -2.30. The van der Waals surface area contributed by atoms with Crippen molar-refractivity contribution in [3.8, 4) is 0 Å². The van der Waals surface area contributed by atoms with Gasteiger partial charge in [-0.3, -0.25) is 0 Å². The molecule has 2 aliphatic carbocycles. The highest BCUT2D eigenvalue weighted by Crippen LogP contribution is 2.27. The SMILES string of the molecule is CO[N+](=O)c1ccc(CCCCNCC2CCC(N=C3N=C(N(C)C)CC4=CCC=CC=C4N3)CC2)cc1. The number of fused-ring (bicyclic) bond motifs is 1. The number of hydrogen-bond acceptors (Lipinski definition) is 5. The number of hydrogen-bond donors (Lipinski definition) is 2. The van der Waals surface area contributed by atoms with Gasteiger partial charge in [-0.1, -0.05) is 30.4 Å². The molecule has 0 spiro atoms. The number of nitrogens with zero attached hydrogens (tertiary/aromatic N) is 4. The van der Waals surface area contributed by atoms with Crippen molar-refractivity contribution in [1.82, 2.24) is 15.5 Å². The molecule has 2 N–H and O–H groups in total. The van der Waals surface area contributed by atoms with Crippen LogP contribution in [-0.2, 0) is 11.3 Å². The third-order valence-electron chi connectivity index (χ3n) is 7.53. The Hall–Kier alpha value is -3.26. The standard InChI is InChI=1S/C30H43N6O2/c1-35(2)29-21-25-10-5-4-6-11-28(25)33-30(34-29)32-26-16-12-24(13-17-26)22-31-20-8-7-9-23-14-18-27(19-15-23)36(37)38-3/h4,6,10-11,14-15,18-19,24,26,31H,5,7-9,12-13,16-17,20-22H2,1-3H3,(H,32,33)/q+1. The van der Waals surface area contributed by atoms with Gasteiger partial charge in [-0.2, -0.15) is 4.99 Å². The van der Waals surface area contributed by atoms with E-state index in [2.05, 4.69) is 58.8 Å². The van der Waals surface area contributed by atoms with E-state index in [9.17, 15) is 4.91 Å². The predicted octanol–water partition coefficient (Wildman–Crippen LogP) is 5.21. The van der Waals surface area contributed by atoms with Crippen LogP contribution in [0.3, 0.4) is 0 Å². The highest BCUT2D eigenvalue weighted by molar-refractivity contribution is 6.00. The zero-order valence-electron chi connectivity index (χ0n) is 23.2. The lowest BCUT2D eigenvalue weighted by atomic mass is 9.86. The van der Waals surface area contributed by atoms with Crippen LogP contribution in [0, 0.1) is 10.8 Å². The summed E-state index contributed by atoms with van der Waals surface area (Å²) in [6, 6.07) is 7.96. The van der Waals surface area contributed by atoms with Gasteiger partial charge >= 0.3 is 5.69 Å². The minimum atomic E-state index is 0.331. The van der Waals surface area contributed by atoms with Crippen molar-refractivity contribution in [2.45, 2.75) is 63.8 Å². The van der Waals surface area contributed by atoms with Crippen molar-refractivity contribution in [3.05, 3.63) is 70.3 Å². The summed E-state index contributed by atoms with van der Waals surface area (Å²) in [6.45, 7) is 2.13. The quantitative estimate of drug-likeness (QED) is 0.328. The van der Waals surface area contributed by atoms with Gasteiger partial charge in [-0.15, -0.1) is 0 Å². The number of aryl methyl sites for hydroxylation is 1. The first kappa shape index (κ1) is 27.8. The van der Waals surface area contributed by atoms with Gasteiger partial charge in [0.2, 0.25) is 5.96 Å². The molecule has 204 valence electrons. The van der Waals surface area contributed by atoms with Crippen LogP contribution in [0.5, 0.6) is 0 Å². The van der Waals surface area contributed by atoms with Gasteiger partial charge in [0, 0.05) is 38.3 Å². The Morgan fingerprint density at radius 3 is 2.68 bits per heavy atom. The van der Waals surface area contributed by atoms with E-state index in [0.29, 0.717) is 16.7 Å². The van der Waals surface area contributed by atoms with Crippen LogP contribution in [0.2, 0.25) is 0 Å². The minimum Gasteiger partial charge on any atom is -0.366 e. The van der Waals surface area contributed by atoms with Crippen LogP contribution in [-0.4, -0.2) is 62.0 Å². The van der Waals surface area contributed by atoms with Crippen LogP contribution in [0.25, 0.3) is 0 Å². The van der Waals surface area contributed by atoms with Crippen LogP contribution in [0.1, 0.15) is 56.9 Å². The number of amidine groups is 1. The molecule has 0 aromatic heterocycles. The molecule has 8 nitrogen and oxygen atoms in total. The molecule has 0 bridgehead atoms. The van der Waals surface area contributed by atoms with Crippen molar-refractivity contribution in [2.75, 3.05) is 34.3 Å². The van der Waals surface area contributed by atoms with E-state index in [1.165, 1.54) is 31.1 Å². The topological polar surface area (TPSA) is 81.3 Å². The smallest absolute Gasteiger partial charge is 0.316 e. The summed E-state index contributed by atoms with van der Waals surface area (Å²) in [6.07, 6.45) is 18.5. The highest BCUT2D eigenvalue weighted by atomic mass is 16.8. The zero-order valence-corrected chi connectivity index (χ0v) is 23.2. The summed E-state index contributed by atoms with van der Waals surface area (Å²) >= 11 is 0. The molecule has 0 atom stereocenters. The number of guanidine groups is 1. The Balaban J connectivity index is 1.17. The molecule has 1 heterocycles. The van der Waals surface area contributed by atoms with Gasteiger partial charge in [-0.05, 0) is 87.6 Å². The van der Waals surface area contributed by atoms with Gasteiger partial charge in [-0.25, -0.2) is 9.83 Å². The monoisotopic (exact) mass is 519 g/mol. The maximum Gasteiger partial charge on any atom is 0.316 e. The molecular weight excluding hydrogens is 476 g/mol. The number of unbranched alkanes of at least 4 members (excludes halogenated alkanes) is 1. The molecule has 1 aromatic rings. The highest BCUT2D eigenvalue weighted by Gasteiger charge is 2.23. The van der Waals surface area contributed by atoms with Crippen LogP contribution < -0.4 is 10.6 Å². The molecule has 4 rings (SSSR count). The van der Waals surface area contributed by atoms with Gasteiger partial charge in [0.05, 0.1) is 10.9 Å². The van der Waals surface area contributed by atoms with Gasteiger partial charge < -0.3 is 15.5 Å². The summed E-state index contributed by atoms with van der Waals surface area (Å²) < 4.78 is 0. The molecule has 0 amide bonds. The summed E-state index contributed by atoms with van der Waals surface area (Å²) in [7, 11) is 5.49. The first-order valence-electron chi connectivity index (χ1n) is 14.0. The first-order valence-corrected chi connectivity index (χ1v) is 14.0. The third kappa shape index (κ3) is 8.12. The Morgan fingerprint density at radius 2 is 1.95 bits per heavy atom. The van der Waals surface area contributed by atoms with E-state index >= 15 is 0 Å². The van der Waals surface area contributed by atoms with E-state index in [4.69, 9.17) is 9.98 Å². The number of aliphatic imine (C=N–C) groups is 2. The number of nitrogens with one attached hydrogen (secondary N) is 2. The number of rotatable bonds is 10. The van der Waals surface area contributed by atoms with Crippen molar-refractivity contribution in [3.63, 3.8) is 0 Å². The van der Waals surface area contributed by atoms with E-state index in [1.54, 1.807) is 0 Å². The largest absolute Gasteiger partial charge is 0.366 e. The van der Waals surface area contributed by atoms with E-state index in [0.717, 1.165) is 81.4 Å². The molecule has 1 aliphatic heterocycles. The van der Waals surface area contributed by atoms with E-state index < -0.39 is 0 Å². The van der Waals surface area contributed by atoms with Crippen LogP contribution in [0.15, 0.2) is 69.8 Å². The Labute approximate surface area is 227 Å². The van der Waals surface area contributed by atoms with E-state index in [1.807, 2.05) is 24.3 Å². The Kier molecular flexibility index (Phi) is 10.3. The fourth-order valence-corrected chi connectivity index (χ4v) is 5.19. The van der Waals surface area contributed by atoms with Gasteiger partial charge in [0.1, 0.15) is 5.84 Å². The van der Waals surface area contributed by atoms with Crippen molar-refractivity contribution < 1.29 is 9.76 Å². The summed E-state index contributed by atoms with van der Waals surface area (Å²) in [5, 5.41) is 7.19. The zero-order chi connectivity index (χ0) is 26.7. The Morgan fingerprint density at radius 1 is 1.16 bits per heavy atom. The van der Waals surface area contributed by atoms with Crippen LogP contribution in [0.4, 0.5) is 5.69 Å². The first-order chi connectivity index (χ1) is 18.5. The number of allylic oxidation sites excluding steroid dienone is 5. The second-order valence-electron chi connectivity index (χ2n) is 10.6. The average molecular weight is 520 g/mol. The molecule has 8 heteroatoms. The lowest BCUT2D eigenvalue weighted by molar-refractivity contribution is -0.736. The minimum absolute atomic E-state index is 0.331. The molecule has 38 heavy (non-hydrogen) atoms. The van der Waals surface area contributed by atoms with E-state index in [-0.39, 0.29) is 0 Å². The molecule has 3 aliphatic rings. The van der Waals surface area contributed by atoms with Gasteiger partial charge in [0.15, 0.2) is 7.11 Å². The molecule has 0 saturated heterocycles. The molecule has 1 fully saturated rings. The average Bonchev–Trinajstić information content (AvgIpc) is 3.25. The Bertz CT molecular complexity index is 1090. The second kappa shape index (κ2) is 14.0. The van der Waals surface area contributed by atoms with Crippen LogP contribution >= 0.6 is 0 Å². The maximum atomic E-state index is 11.5. The summed E-state index contributed by atoms with van der Waals surface area (Å²) in [4.78, 5) is 28.7. The third-order valence-corrected chi connectivity index (χ3v) is 7.53. The molecule has 1 saturated carbocycles. The fourth-order valence-electron chi connectivity index (χ4n) is 5.19. The molecule has 0 radical (unpaired) electrons. The maximum absolute atomic E-state index is 11.5. The normalized spacial score (nSPS) is 22.3. The van der Waals surface area contributed by atoms with Crippen molar-refractivity contribution >= 4 is 17.5 Å². The predicted molar refractivity (Wildman–Crippen MR) is 155 cm³/mol. The van der Waals surface area contributed by atoms with Crippen molar-refractivity contribution in [1.29, 1.82) is 0 Å². The lowest BCUT2D eigenvalue weighted by Gasteiger charge is -2.27. The van der Waals surface area contributed by atoms with Crippen molar-refractivity contribution in [2.24, 2.45) is 15.9 Å². The van der Waals surface area contributed by atoms with Gasteiger partial charge in [0.25, 0.3) is 4.92 Å². The fraction of sp³-hybridized carbons (Fsp3) is 0.533. The second-order valence-corrected chi connectivity index (χ2v) is 10.6. The summed E-state index contributed by atoms with van der Waals surface area (Å²) in [5.74, 6) is 2.52. The molecular formula is C30H43N6O2+. The number of benzene rings is 1.